The minimum atomic E-state index is 0.272. The van der Waals surface area contributed by atoms with Crippen LogP contribution in [0.3, 0.4) is 0 Å². The Balaban J connectivity index is 1.39. The normalized spacial score (nSPS) is 31.7. The lowest BCUT2D eigenvalue weighted by Gasteiger charge is -2.38. The van der Waals surface area contributed by atoms with E-state index in [1.165, 1.54) is 19.4 Å². The third kappa shape index (κ3) is 4.25. The molecule has 0 radical (unpaired) electrons. The van der Waals surface area contributed by atoms with E-state index in [0.29, 0.717) is 5.91 Å². The van der Waals surface area contributed by atoms with Crippen LogP contribution < -0.4 is 5.32 Å². The first-order valence-electron chi connectivity index (χ1n) is 9.62. The van der Waals surface area contributed by atoms with Gasteiger partial charge in [-0.2, -0.15) is 0 Å². The lowest BCUT2D eigenvalue weighted by Crippen LogP contribution is -2.52. The highest BCUT2D eigenvalue weighted by Crippen LogP contribution is 2.23. The van der Waals surface area contributed by atoms with Crippen LogP contribution in [-0.2, 0) is 4.79 Å². The third-order valence-electron chi connectivity index (χ3n) is 6.18. The van der Waals surface area contributed by atoms with E-state index in [4.69, 9.17) is 0 Å². The molecule has 1 N–H and O–H groups in total. The van der Waals surface area contributed by atoms with Gasteiger partial charge in [0.1, 0.15) is 0 Å². The molecule has 0 aromatic heterocycles. The van der Waals surface area contributed by atoms with Gasteiger partial charge in [-0.15, -0.1) is 0 Å². The van der Waals surface area contributed by atoms with Crippen molar-refractivity contribution >= 4 is 5.91 Å². The van der Waals surface area contributed by atoms with Gasteiger partial charge < -0.3 is 10.2 Å². The molecule has 0 unspecified atom stereocenters. The van der Waals surface area contributed by atoms with Gasteiger partial charge in [-0.05, 0) is 52.6 Å². The molecule has 0 spiro atoms. The monoisotopic (exact) mass is 322 g/mol. The van der Waals surface area contributed by atoms with Crippen molar-refractivity contribution in [2.75, 3.05) is 52.4 Å². The maximum atomic E-state index is 12.6. The number of likely N-dealkylation sites (tertiary alicyclic amines) is 1. The van der Waals surface area contributed by atoms with Gasteiger partial charge in [0.05, 0.1) is 0 Å². The first kappa shape index (κ1) is 17.2. The molecule has 3 fully saturated rings. The summed E-state index contributed by atoms with van der Waals surface area (Å²) in [4.78, 5) is 19.9. The number of hydrogen-bond acceptors (Lipinski definition) is 4. The van der Waals surface area contributed by atoms with Crippen LogP contribution in [0.5, 0.6) is 0 Å². The number of carbonyl (C=O) groups is 1. The highest BCUT2D eigenvalue weighted by atomic mass is 16.2. The average Bonchev–Trinajstić information content (AvgIpc) is 2.92. The first-order valence-corrected chi connectivity index (χ1v) is 9.62. The summed E-state index contributed by atoms with van der Waals surface area (Å²) < 4.78 is 0. The van der Waals surface area contributed by atoms with Gasteiger partial charge in [-0.1, -0.05) is 0 Å². The fourth-order valence-electron chi connectivity index (χ4n) is 4.47. The van der Waals surface area contributed by atoms with Crippen molar-refractivity contribution in [3.63, 3.8) is 0 Å². The molecule has 5 nitrogen and oxygen atoms in total. The van der Waals surface area contributed by atoms with Crippen molar-refractivity contribution in [2.45, 2.75) is 51.6 Å². The molecular formula is C18H34N4O. The lowest BCUT2D eigenvalue weighted by atomic mass is 9.96. The van der Waals surface area contributed by atoms with Crippen molar-refractivity contribution in [3.8, 4) is 0 Å². The molecule has 0 aromatic carbocycles. The number of nitrogens with zero attached hydrogens (tertiary/aromatic N) is 3. The predicted octanol–water partition coefficient (Wildman–Crippen LogP) is 1.00. The zero-order valence-electron chi connectivity index (χ0n) is 15.0. The van der Waals surface area contributed by atoms with Crippen LogP contribution in [0.2, 0.25) is 0 Å². The van der Waals surface area contributed by atoms with Crippen molar-refractivity contribution < 1.29 is 4.79 Å². The number of piperidine rings is 1. The molecule has 3 aliphatic rings. The molecule has 1 amide bonds. The van der Waals surface area contributed by atoms with Crippen molar-refractivity contribution in [3.05, 3.63) is 0 Å². The van der Waals surface area contributed by atoms with Crippen molar-refractivity contribution in [2.24, 2.45) is 5.92 Å². The Morgan fingerprint density at radius 1 is 0.913 bits per heavy atom. The highest BCUT2D eigenvalue weighted by molar-refractivity contribution is 5.79. The Bertz CT molecular complexity index is 378. The number of amides is 1. The van der Waals surface area contributed by atoms with Crippen molar-refractivity contribution in [1.29, 1.82) is 0 Å². The molecule has 0 saturated carbocycles. The van der Waals surface area contributed by atoms with Crippen LogP contribution in [0.15, 0.2) is 0 Å². The zero-order chi connectivity index (χ0) is 16.2. The van der Waals surface area contributed by atoms with Gasteiger partial charge in [0.15, 0.2) is 0 Å². The molecule has 0 bridgehead atoms. The van der Waals surface area contributed by atoms with E-state index in [1.807, 2.05) is 0 Å². The molecule has 3 saturated heterocycles. The van der Waals surface area contributed by atoms with Crippen LogP contribution >= 0.6 is 0 Å². The predicted molar refractivity (Wildman–Crippen MR) is 93.5 cm³/mol. The third-order valence-corrected chi connectivity index (χ3v) is 6.18. The molecule has 3 rings (SSSR count). The zero-order valence-corrected chi connectivity index (χ0v) is 15.0. The van der Waals surface area contributed by atoms with Crippen LogP contribution in [0.4, 0.5) is 0 Å². The molecule has 2 atom stereocenters. The van der Waals surface area contributed by atoms with Gasteiger partial charge in [0.2, 0.25) is 5.91 Å². The molecule has 0 aliphatic carbocycles. The highest BCUT2D eigenvalue weighted by Gasteiger charge is 2.30. The van der Waals surface area contributed by atoms with E-state index in [0.717, 1.165) is 70.7 Å². The lowest BCUT2D eigenvalue weighted by molar-refractivity contribution is -0.138. The van der Waals surface area contributed by atoms with Crippen molar-refractivity contribution in [1.82, 2.24) is 20.0 Å². The summed E-state index contributed by atoms with van der Waals surface area (Å²) in [6.45, 7) is 13.0. The SMILES string of the molecule is C[C@@H]1CC[C@H](C)N1CCN1CCN(C(=O)C2CCNCC2)CC1. The maximum absolute atomic E-state index is 12.6. The summed E-state index contributed by atoms with van der Waals surface area (Å²) in [5.74, 6) is 0.682. The van der Waals surface area contributed by atoms with Crippen LogP contribution in [0, 0.1) is 5.92 Å². The minimum absolute atomic E-state index is 0.272. The van der Waals surface area contributed by atoms with E-state index in [-0.39, 0.29) is 5.92 Å². The number of piperazine rings is 1. The summed E-state index contributed by atoms with van der Waals surface area (Å²) in [6.07, 6.45) is 4.73. The molecule has 0 aromatic rings. The van der Waals surface area contributed by atoms with Crippen LogP contribution in [0.25, 0.3) is 0 Å². The number of nitrogens with one attached hydrogen (secondary N) is 1. The Kier molecular flexibility index (Phi) is 5.94. The van der Waals surface area contributed by atoms with E-state index in [2.05, 4.69) is 33.9 Å². The van der Waals surface area contributed by atoms with E-state index in [9.17, 15) is 4.79 Å². The smallest absolute Gasteiger partial charge is 0.225 e. The number of hydrogen-bond donors (Lipinski definition) is 1. The summed E-state index contributed by atoms with van der Waals surface area (Å²) >= 11 is 0. The summed E-state index contributed by atoms with van der Waals surface area (Å²) in [6, 6.07) is 1.49. The molecule has 3 heterocycles. The summed E-state index contributed by atoms with van der Waals surface area (Å²) in [5, 5.41) is 3.35. The summed E-state index contributed by atoms with van der Waals surface area (Å²) in [5.41, 5.74) is 0. The number of carbonyl (C=O) groups excluding carboxylic acids is 1. The molecule has 5 heteroatoms. The second kappa shape index (κ2) is 7.95. The van der Waals surface area contributed by atoms with Gasteiger partial charge in [0, 0.05) is 57.3 Å². The fraction of sp³-hybridized carbons (Fsp3) is 0.944. The quantitative estimate of drug-likeness (QED) is 0.838. The van der Waals surface area contributed by atoms with E-state index >= 15 is 0 Å². The maximum Gasteiger partial charge on any atom is 0.225 e. The Morgan fingerprint density at radius 2 is 1.52 bits per heavy atom. The second-order valence-corrected chi connectivity index (χ2v) is 7.70. The topological polar surface area (TPSA) is 38.8 Å². The Morgan fingerprint density at radius 3 is 2.13 bits per heavy atom. The first-order chi connectivity index (χ1) is 11.1. The van der Waals surface area contributed by atoms with Crippen LogP contribution in [-0.4, -0.2) is 85.0 Å². The Hall–Kier alpha value is -0.650. The standard InChI is InChI=1S/C18H34N4O/c1-15-3-4-16(2)22(15)14-11-20-9-12-21(13-10-20)18(23)17-5-7-19-8-6-17/h15-17,19H,3-14H2,1-2H3/t15-,16+. The van der Waals surface area contributed by atoms with Gasteiger partial charge in [-0.25, -0.2) is 0 Å². The van der Waals surface area contributed by atoms with Crippen LogP contribution in [0.1, 0.15) is 39.5 Å². The van der Waals surface area contributed by atoms with Gasteiger partial charge in [-0.3, -0.25) is 14.6 Å². The van der Waals surface area contributed by atoms with E-state index in [1.54, 1.807) is 0 Å². The molecule has 132 valence electrons. The molecular weight excluding hydrogens is 288 g/mol. The Labute approximate surface area is 141 Å². The molecule has 3 aliphatic heterocycles. The summed E-state index contributed by atoms with van der Waals surface area (Å²) in [7, 11) is 0. The minimum Gasteiger partial charge on any atom is -0.340 e. The average molecular weight is 322 g/mol. The van der Waals surface area contributed by atoms with Gasteiger partial charge >= 0.3 is 0 Å². The molecule has 23 heavy (non-hydrogen) atoms. The second-order valence-electron chi connectivity index (χ2n) is 7.70. The fourth-order valence-corrected chi connectivity index (χ4v) is 4.47. The van der Waals surface area contributed by atoms with Gasteiger partial charge in [0.25, 0.3) is 0 Å². The van der Waals surface area contributed by atoms with E-state index < -0.39 is 0 Å². The number of rotatable bonds is 4. The largest absolute Gasteiger partial charge is 0.340 e.